The Kier molecular flexibility index (Phi) is 3.34. The molecule has 0 heterocycles. The molecule has 2 rings (SSSR count). The highest BCUT2D eigenvalue weighted by molar-refractivity contribution is 5.35. The van der Waals surface area contributed by atoms with Crippen molar-refractivity contribution in [1.29, 1.82) is 0 Å². The molecule has 0 saturated carbocycles. The van der Waals surface area contributed by atoms with Gasteiger partial charge in [-0.1, -0.05) is 18.2 Å². The third-order valence-corrected chi connectivity index (χ3v) is 3.23. The van der Waals surface area contributed by atoms with E-state index in [2.05, 4.69) is 44.3 Å². The lowest BCUT2D eigenvalue weighted by molar-refractivity contribution is 0.429. The first kappa shape index (κ1) is 11.7. The van der Waals surface area contributed by atoms with Crippen LogP contribution in [0.5, 0.6) is 0 Å². The minimum Gasteiger partial charge on any atom is -0.312 e. The molecule has 1 N–H and O–H groups in total. The Morgan fingerprint density at radius 1 is 1.12 bits per heavy atom. The van der Waals surface area contributed by atoms with Crippen LogP contribution in [0.2, 0.25) is 0 Å². The van der Waals surface area contributed by atoms with E-state index in [9.17, 15) is 0 Å². The smallest absolute Gasteiger partial charge is 0.00966 e. The van der Waals surface area contributed by atoms with Gasteiger partial charge in [0.05, 0.1) is 0 Å². The first-order chi connectivity index (χ1) is 7.54. The van der Waals surface area contributed by atoms with Gasteiger partial charge in [-0.3, -0.25) is 0 Å². The van der Waals surface area contributed by atoms with Crippen LogP contribution < -0.4 is 5.32 Å². The fourth-order valence-corrected chi connectivity index (χ4v) is 2.36. The molecule has 0 bridgehead atoms. The summed E-state index contributed by atoms with van der Waals surface area (Å²) >= 11 is 0. The van der Waals surface area contributed by atoms with Gasteiger partial charge in [-0.2, -0.15) is 0 Å². The van der Waals surface area contributed by atoms with Gasteiger partial charge in [0.2, 0.25) is 0 Å². The van der Waals surface area contributed by atoms with Crippen LogP contribution in [-0.2, 0) is 19.3 Å². The number of hydrogen-bond acceptors (Lipinski definition) is 1. The van der Waals surface area contributed by atoms with Crippen LogP contribution in [0.1, 0.15) is 43.9 Å². The van der Waals surface area contributed by atoms with Gasteiger partial charge in [0, 0.05) is 5.54 Å². The van der Waals surface area contributed by atoms with Gasteiger partial charge >= 0.3 is 0 Å². The van der Waals surface area contributed by atoms with Crippen molar-refractivity contribution in [2.75, 3.05) is 6.54 Å². The number of fused-ring (bicyclic) bond motifs is 1. The third-order valence-electron chi connectivity index (χ3n) is 3.23. The summed E-state index contributed by atoms with van der Waals surface area (Å²) in [4.78, 5) is 0. The molecule has 1 aliphatic rings. The maximum Gasteiger partial charge on any atom is 0.00966 e. The maximum atomic E-state index is 3.54. The highest BCUT2D eigenvalue weighted by Crippen LogP contribution is 2.22. The highest BCUT2D eigenvalue weighted by atomic mass is 14.9. The van der Waals surface area contributed by atoms with Gasteiger partial charge in [0.1, 0.15) is 0 Å². The van der Waals surface area contributed by atoms with Gasteiger partial charge in [0.25, 0.3) is 0 Å². The van der Waals surface area contributed by atoms with E-state index in [0.717, 1.165) is 13.0 Å². The Balaban J connectivity index is 1.91. The predicted octanol–water partition coefficient (Wildman–Crippen LogP) is 3.11. The Labute approximate surface area is 99.3 Å². The molecular formula is C15H23N. The quantitative estimate of drug-likeness (QED) is 0.820. The lowest BCUT2D eigenvalue weighted by atomic mass is 10.0. The first-order valence-corrected chi connectivity index (χ1v) is 6.40. The summed E-state index contributed by atoms with van der Waals surface area (Å²) in [7, 11) is 0. The van der Waals surface area contributed by atoms with Crippen LogP contribution in [-0.4, -0.2) is 12.1 Å². The lowest BCUT2D eigenvalue weighted by Crippen LogP contribution is -2.37. The monoisotopic (exact) mass is 217 g/mol. The first-order valence-electron chi connectivity index (χ1n) is 6.40. The molecule has 16 heavy (non-hydrogen) atoms. The Morgan fingerprint density at radius 2 is 1.88 bits per heavy atom. The zero-order valence-corrected chi connectivity index (χ0v) is 10.8. The van der Waals surface area contributed by atoms with E-state index in [0.29, 0.717) is 0 Å². The molecule has 0 fully saturated rings. The number of benzene rings is 1. The molecule has 1 aromatic rings. The van der Waals surface area contributed by atoms with E-state index in [1.165, 1.54) is 24.8 Å². The average Bonchev–Trinajstić information content (AvgIpc) is 2.62. The molecule has 0 amide bonds. The van der Waals surface area contributed by atoms with E-state index in [1.807, 2.05) is 0 Å². The third kappa shape index (κ3) is 3.08. The van der Waals surface area contributed by atoms with Gasteiger partial charge < -0.3 is 5.32 Å². The summed E-state index contributed by atoms with van der Waals surface area (Å²) < 4.78 is 0. The normalized spacial score (nSPS) is 15.2. The fourth-order valence-electron chi connectivity index (χ4n) is 2.36. The van der Waals surface area contributed by atoms with Crippen LogP contribution in [0, 0.1) is 0 Å². The summed E-state index contributed by atoms with van der Waals surface area (Å²) in [5.74, 6) is 0. The van der Waals surface area contributed by atoms with Gasteiger partial charge in [0.15, 0.2) is 0 Å². The number of rotatable bonds is 3. The van der Waals surface area contributed by atoms with Crippen molar-refractivity contribution in [3.8, 4) is 0 Å². The molecule has 0 spiro atoms. The van der Waals surface area contributed by atoms with Crippen molar-refractivity contribution >= 4 is 0 Å². The van der Waals surface area contributed by atoms with Crippen LogP contribution in [0.25, 0.3) is 0 Å². The molecule has 1 aromatic carbocycles. The molecule has 0 aromatic heterocycles. The molecule has 1 aliphatic carbocycles. The second-order valence-electron chi connectivity index (χ2n) is 5.88. The van der Waals surface area contributed by atoms with E-state index in [4.69, 9.17) is 0 Å². The molecule has 0 saturated heterocycles. The SMILES string of the molecule is CC(C)(C)NCCc1ccc2c(c1)CCC2. The van der Waals surface area contributed by atoms with Crippen LogP contribution >= 0.6 is 0 Å². The van der Waals surface area contributed by atoms with E-state index in [-0.39, 0.29) is 5.54 Å². The van der Waals surface area contributed by atoms with Crippen molar-refractivity contribution in [2.45, 2.75) is 52.0 Å². The van der Waals surface area contributed by atoms with Crippen LogP contribution in [0.3, 0.4) is 0 Å². The Bertz CT molecular complexity index is 360. The van der Waals surface area contributed by atoms with Crippen molar-refractivity contribution in [1.82, 2.24) is 5.32 Å². The number of nitrogens with one attached hydrogen (secondary N) is 1. The summed E-state index contributed by atoms with van der Waals surface area (Å²) in [5, 5.41) is 3.54. The maximum absolute atomic E-state index is 3.54. The zero-order chi connectivity index (χ0) is 11.6. The topological polar surface area (TPSA) is 12.0 Å². The fraction of sp³-hybridized carbons (Fsp3) is 0.600. The number of aryl methyl sites for hydroxylation is 2. The number of hydrogen-bond donors (Lipinski definition) is 1. The van der Waals surface area contributed by atoms with Crippen LogP contribution in [0.4, 0.5) is 0 Å². The summed E-state index contributed by atoms with van der Waals surface area (Å²) in [6.45, 7) is 7.73. The van der Waals surface area contributed by atoms with Gasteiger partial charge in [-0.15, -0.1) is 0 Å². The second-order valence-corrected chi connectivity index (χ2v) is 5.88. The van der Waals surface area contributed by atoms with Crippen molar-refractivity contribution in [2.24, 2.45) is 0 Å². The van der Waals surface area contributed by atoms with Crippen molar-refractivity contribution < 1.29 is 0 Å². The molecular weight excluding hydrogens is 194 g/mol. The van der Waals surface area contributed by atoms with Crippen LogP contribution in [0.15, 0.2) is 18.2 Å². The predicted molar refractivity (Wildman–Crippen MR) is 69.9 cm³/mol. The molecule has 1 nitrogen and oxygen atoms in total. The van der Waals surface area contributed by atoms with E-state index in [1.54, 1.807) is 11.1 Å². The van der Waals surface area contributed by atoms with E-state index < -0.39 is 0 Å². The highest BCUT2D eigenvalue weighted by Gasteiger charge is 2.11. The Morgan fingerprint density at radius 3 is 2.62 bits per heavy atom. The minimum absolute atomic E-state index is 0.233. The lowest BCUT2D eigenvalue weighted by Gasteiger charge is -2.20. The zero-order valence-electron chi connectivity index (χ0n) is 10.8. The summed E-state index contributed by atoms with van der Waals surface area (Å²) in [5.41, 5.74) is 4.88. The molecule has 0 aliphatic heterocycles. The molecule has 0 unspecified atom stereocenters. The largest absolute Gasteiger partial charge is 0.312 e. The van der Waals surface area contributed by atoms with E-state index >= 15 is 0 Å². The van der Waals surface area contributed by atoms with Crippen molar-refractivity contribution in [3.63, 3.8) is 0 Å². The summed E-state index contributed by atoms with van der Waals surface area (Å²) in [6.07, 6.45) is 5.06. The molecule has 0 radical (unpaired) electrons. The standard InChI is InChI=1S/C15H23N/c1-15(2,3)16-10-9-12-7-8-13-5-4-6-14(13)11-12/h7-8,11,16H,4-6,9-10H2,1-3H3. The minimum atomic E-state index is 0.233. The molecule has 88 valence electrons. The summed E-state index contributed by atoms with van der Waals surface area (Å²) in [6, 6.07) is 7.04. The van der Waals surface area contributed by atoms with Crippen molar-refractivity contribution in [3.05, 3.63) is 34.9 Å². The second kappa shape index (κ2) is 4.58. The molecule has 1 heteroatoms. The van der Waals surface area contributed by atoms with Gasteiger partial charge in [-0.25, -0.2) is 0 Å². The average molecular weight is 217 g/mol. The molecule has 0 atom stereocenters. The van der Waals surface area contributed by atoms with Gasteiger partial charge in [-0.05, 0) is 69.7 Å². The Hall–Kier alpha value is -0.820.